The van der Waals surface area contributed by atoms with E-state index in [1.54, 1.807) is 0 Å². The summed E-state index contributed by atoms with van der Waals surface area (Å²) >= 11 is 0.886. The molecule has 0 spiro atoms. The van der Waals surface area contributed by atoms with Gasteiger partial charge in [-0.15, -0.1) is 11.8 Å². The molecule has 1 aliphatic rings. The number of halogens is 2. The molecule has 1 heterocycles. The first-order chi connectivity index (χ1) is 13.8. The first-order valence-electron chi connectivity index (χ1n) is 9.37. The van der Waals surface area contributed by atoms with E-state index in [9.17, 15) is 29.2 Å². The summed E-state index contributed by atoms with van der Waals surface area (Å²) in [5, 5.41) is 38.7. The van der Waals surface area contributed by atoms with Crippen molar-refractivity contribution in [3.05, 3.63) is 64.7 Å². The Morgan fingerprint density at radius 3 is 2.24 bits per heavy atom. The van der Waals surface area contributed by atoms with Crippen LogP contribution in [0.3, 0.4) is 0 Å². The molecule has 0 aliphatic carbocycles. The number of aliphatic hydroxyl groups excluding tert-OH is 4. The van der Waals surface area contributed by atoms with Crippen LogP contribution in [0, 0.1) is 11.6 Å². The van der Waals surface area contributed by atoms with Crippen molar-refractivity contribution in [1.29, 1.82) is 0 Å². The Morgan fingerprint density at radius 1 is 0.966 bits per heavy atom. The largest absolute Gasteiger partial charge is 0.474 e. The molecule has 8 heteroatoms. The lowest BCUT2D eigenvalue weighted by Gasteiger charge is -2.39. The van der Waals surface area contributed by atoms with Crippen LogP contribution in [0.5, 0.6) is 5.75 Å². The number of hydrogen-bond donors (Lipinski definition) is 4. The van der Waals surface area contributed by atoms with E-state index in [-0.39, 0.29) is 17.7 Å². The van der Waals surface area contributed by atoms with E-state index in [2.05, 4.69) is 0 Å². The Labute approximate surface area is 172 Å². The SMILES string of the molecule is CCc1ccc(Cc2cc(F)cc(F)c2O[C@H]2S[C@@H](CO)[C@@H](O)[C@H](O)[C@H]2O)cc1. The van der Waals surface area contributed by atoms with E-state index >= 15 is 0 Å². The smallest absolute Gasteiger partial charge is 0.173 e. The summed E-state index contributed by atoms with van der Waals surface area (Å²) < 4.78 is 34.1. The van der Waals surface area contributed by atoms with Gasteiger partial charge in [0.25, 0.3) is 0 Å². The van der Waals surface area contributed by atoms with Crippen molar-refractivity contribution in [3.8, 4) is 5.75 Å². The minimum absolute atomic E-state index is 0.204. The van der Waals surface area contributed by atoms with Crippen LogP contribution in [-0.4, -0.2) is 56.0 Å². The van der Waals surface area contributed by atoms with E-state index < -0.39 is 47.2 Å². The molecule has 0 radical (unpaired) electrons. The van der Waals surface area contributed by atoms with Gasteiger partial charge in [0.05, 0.1) is 18.0 Å². The van der Waals surface area contributed by atoms with Crippen molar-refractivity contribution < 1.29 is 33.9 Å². The fraction of sp³-hybridized carbons (Fsp3) is 0.429. The zero-order valence-corrected chi connectivity index (χ0v) is 16.6. The second-order valence-electron chi connectivity index (χ2n) is 7.04. The van der Waals surface area contributed by atoms with Crippen LogP contribution in [0.4, 0.5) is 8.78 Å². The Morgan fingerprint density at radius 2 is 1.62 bits per heavy atom. The van der Waals surface area contributed by atoms with Gasteiger partial charge in [-0.25, -0.2) is 8.78 Å². The molecule has 4 N–H and O–H groups in total. The molecule has 0 amide bonds. The predicted molar refractivity (Wildman–Crippen MR) is 106 cm³/mol. The number of rotatable bonds is 6. The molecule has 0 bridgehead atoms. The molecule has 0 saturated carbocycles. The van der Waals surface area contributed by atoms with Crippen molar-refractivity contribution >= 4 is 11.8 Å². The van der Waals surface area contributed by atoms with E-state index in [1.807, 2.05) is 31.2 Å². The molecular weight excluding hydrogens is 402 g/mol. The molecule has 1 aliphatic heterocycles. The van der Waals surface area contributed by atoms with Crippen LogP contribution in [0.25, 0.3) is 0 Å². The van der Waals surface area contributed by atoms with E-state index in [1.165, 1.54) is 6.07 Å². The van der Waals surface area contributed by atoms with Gasteiger partial charge in [-0.3, -0.25) is 0 Å². The van der Waals surface area contributed by atoms with Gasteiger partial charge in [0.1, 0.15) is 18.0 Å². The van der Waals surface area contributed by atoms with Gasteiger partial charge in [0.15, 0.2) is 17.0 Å². The molecule has 158 valence electrons. The first kappa shape index (κ1) is 22.0. The molecule has 5 atom stereocenters. The maximum Gasteiger partial charge on any atom is 0.173 e. The van der Waals surface area contributed by atoms with Crippen LogP contribution in [0.15, 0.2) is 36.4 Å². The summed E-state index contributed by atoms with van der Waals surface area (Å²) in [4.78, 5) is 0. The van der Waals surface area contributed by atoms with E-state index in [0.29, 0.717) is 6.07 Å². The molecule has 5 nitrogen and oxygen atoms in total. The van der Waals surface area contributed by atoms with Gasteiger partial charge in [0.2, 0.25) is 0 Å². The second kappa shape index (κ2) is 9.40. The second-order valence-corrected chi connectivity index (χ2v) is 8.38. The Balaban J connectivity index is 1.88. The van der Waals surface area contributed by atoms with Crippen molar-refractivity contribution in [2.75, 3.05) is 6.61 Å². The van der Waals surface area contributed by atoms with Gasteiger partial charge in [-0.1, -0.05) is 31.2 Å². The van der Waals surface area contributed by atoms with E-state index in [0.717, 1.165) is 29.3 Å². The lowest BCUT2D eigenvalue weighted by molar-refractivity contribution is -0.0913. The first-order valence-corrected chi connectivity index (χ1v) is 10.3. The maximum absolute atomic E-state index is 14.6. The zero-order chi connectivity index (χ0) is 21.1. The highest BCUT2D eigenvalue weighted by molar-refractivity contribution is 8.00. The van der Waals surface area contributed by atoms with Crippen molar-refractivity contribution in [2.24, 2.45) is 0 Å². The average molecular weight is 426 g/mol. The number of aliphatic hydroxyl groups is 4. The topological polar surface area (TPSA) is 90.2 Å². The number of thioether (sulfide) groups is 1. The summed E-state index contributed by atoms with van der Waals surface area (Å²) in [5.41, 5.74) is 1.07. The van der Waals surface area contributed by atoms with Crippen LogP contribution >= 0.6 is 11.8 Å². The van der Waals surface area contributed by atoms with Crippen LogP contribution in [0.2, 0.25) is 0 Å². The number of aryl methyl sites for hydroxylation is 1. The van der Waals surface area contributed by atoms with Crippen LogP contribution in [0.1, 0.15) is 23.6 Å². The van der Waals surface area contributed by atoms with Gasteiger partial charge in [-0.2, -0.15) is 0 Å². The van der Waals surface area contributed by atoms with Gasteiger partial charge in [-0.05, 0) is 23.6 Å². The van der Waals surface area contributed by atoms with Crippen LogP contribution < -0.4 is 4.74 Å². The predicted octanol–water partition coefficient (Wildman–Crippen LogP) is 2.01. The van der Waals surface area contributed by atoms with E-state index in [4.69, 9.17) is 4.74 Å². The maximum atomic E-state index is 14.6. The Kier molecular flexibility index (Phi) is 7.13. The fourth-order valence-electron chi connectivity index (χ4n) is 3.27. The summed E-state index contributed by atoms with van der Waals surface area (Å²) in [6, 6.07) is 9.48. The highest BCUT2D eigenvalue weighted by Gasteiger charge is 2.44. The standard InChI is InChI=1S/C21H24F2O5S/c1-2-11-3-5-12(6-4-11)7-13-8-14(22)9-15(23)20(13)28-21-19(27)18(26)17(25)16(10-24)29-21/h3-6,8-9,16-19,21,24-27H,2,7,10H2,1H3/t16-,17+,18-,19+,21-/m0/s1. The number of benzene rings is 2. The molecule has 2 aromatic rings. The number of ether oxygens (including phenoxy) is 1. The third-order valence-electron chi connectivity index (χ3n) is 4.99. The normalized spacial score (nSPS) is 27.1. The van der Waals surface area contributed by atoms with Crippen LogP contribution in [-0.2, 0) is 12.8 Å². The highest BCUT2D eigenvalue weighted by atomic mass is 32.2. The molecule has 0 unspecified atom stereocenters. The summed E-state index contributed by atoms with van der Waals surface area (Å²) in [6.07, 6.45) is -3.35. The third kappa shape index (κ3) is 4.90. The van der Waals surface area contributed by atoms with Gasteiger partial charge >= 0.3 is 0 Å². The van der Waals surface area contributed by atoms with Crippen molar-refractivity contribution in [1.82, 2.24) is 0 Å². The molecule has 0 aromatic heterocycles. The highest BCUT2D eigenvalue weighted by Crippen LogP contribution is 2.37. The van der Waals surface area contributed by atoms with Crippen molar-refractivity contribution in [3.63, 3.8) is 0 Å². The Hall–Kier alpha value is -1.71. The molecule has 2 aromatic carbocycles. The lowest BCUT2D eigenvalue weighted by Crippen LogP contribution is -2.55. The molecule has 1 saturated heterocycles. The average Bonchev–Trinajstić information content (AvgIpc) is 2.71. The zero-order valence-electron chi connectivity index (χ0n) is 15.8. The third-order valence-corrected chi connectivity index (χ3v) is 6.41. The minimum Gasteiger partial charge on any atom is -0.474 e. The lowest BCUT2D eigenvalue weighted by atomic mass is 10.0. The molecule has 1 fully saturated rings. The van der Waals surface area contributed by atoms with Gasteiger partial charge < -0.3 is 25.2 Å². The monoisotopic (exact) mass is 426 g/mol. The fourth-order valence-corrected chi connectivity index (χ4v) is 4.50. The van der Waals surface area contributed by atoms with Crippen molar-refractivity contribution in [2.45, 2.75) is 48.8 Å². The summed E-state index contributed by atoms with van der Waals surface area (Å²) in [5.74, 6) is -1.92. The quantitative estimate of drug-likeness (QED) is 0.565. The summed E-state index contributed by atoms with van der Waals surface area (Å²) in [7, 11) is 0. The molecular formula is C21H24F2O5S. The molecule has 3 rings (SSSR count). The van der Waals surface area contributed by atoms with Gasteiger partial charge in [0, 0.05) is 18.1 Å². The number of hydrogen-bond acceptors (Lipinski definition) is 6. The Bertz CT molecular complexity index is 831. The summed E-state index contributed by atoms with van der Waals surface area (Å²) in [6.45, 7) is 1.57. The minimum atomic E-state index is -1.56. The molecule has 29 heavy (non-hydrogen) atoms.